The van der Waals surface area contributed by atoms with Gasteiger partial charge in [-0.25, -0.2) is 8.42 Å². The molecule has 0 saturated heterocycles. The van der Waals surface area contributed by atoms with E-state index in [9.17, 15) is 21.6 Å². The van der Waals surface area contributed by atoms with E-state index in [0.717, 1.165) is 4.90 Å². The fourth-order valence-corrected chi connectivity index (χ4v) is 2.81. The van der Waals surface area contributed by atoms with E-state index >= 15 is 0 Å². The van der Waals surface area contributed by atoms with E-state index in [1.54, 1.807) is 20.8 Å². The van der Waals surface area contributed by atoms with Crippen molar-refractivity contribution in [3.05, 3.63) is 0 Å². The summed E-state index contributed by atoms with van der Waals surface area (Å²) in [7, 11) is -3.39. The predicted molar refractivity (Wildman–Crippen MR) is 69.8 cm³/mol. The number of halogens is 4. The van der Waals surface area contributed by atoms with Gasteiger partial charge in [-0.1, -0.05) is 15.9 Å². The van der Waals surface area contributed by atoms with Crippen LogP contribution in [0.25, 0.3) is 0 Å². The van der Waals surface area contributed by atoms with E-state index in [2.05, 4.69) is 15.9 Å². The van der Waals surface area contributed by atoms with Gasteiger partial charge in [0.25, 0.3) is 0 Å². The highest BCUT2D eigenvalue weighted by Gasteiger charge is 2.33. The van der Waals surface area contributed by atoms with Gasteiger partial charge in [0.15, 0.2) is 9.84 Å². The first-order chi connectivity index (χ1) is 7.89. The van der Waals surface area contributed by atoms with Crippen LogP contribution in [-0.2, 0) is 9.84 Å². The van der Waals surface area contributed by atoms with Crippen LogP contribution in [0.5, 0.6) is 0 Å². The molecular formula is C10H19BrF3NO2S. The molecule has 3 nitrogen and oxygen atoms in total. The van der Waals surface area contributed by atoms with Crippen molar-refractivity contribution in [3.8, 4) is 0 Å². The van der Waals surface area contributed by atoms with E-state index in [1.165, 1.54) is 0 Å². The largest absolute Gasteiger partial charge is 0.401 e. The van der Waals surface area contributed by atoms with Crippen LogP contribution < -0.4 is 0 Å². The fraction of sp³-hybridized carbons (Fsp3) is 1.00. The second kappa shape index (κ2) is 6.56. The van der Waals surface area contributed by atoms with E-state index < -0.39 is 27.3 Å². The van der Waals surface area contributed by atoms with Crippen molar-refractivity contribution in [2.75, 3.05) is 30.7 Å². The lowest BCUT2D eigenvalue weighted by atomic mass is 10.3. The van der Waals surface area contributed by atoms with Crippen LogP contribution in [0, 0.1) is 0 Å². The molecule has 0 aliphatic heterocycles. The standard InChI is InChI=1S/C10H19BrF3NO2S/c1-9(2,3)18(16,17)7-6-15(5-4-11)8-10(12,13)14/h4-8H2,1-3H3. The van der Waals surface area contributed by atoms with Gasteiger partial charge in [0.1, 0.15) is 0 Å². The lowest BCUT2D eigenvalue weighted by Gasteiger charge is -2.25. The van der Waals surface area contributed by atoms with Crippen LogP contribution in [0.15, 0.2) is 0 Å². The number of rotatable bonds is 6. The molecule has 0 aromatic rings. The molecule has 0 rings (SSSR count). The molecule has 0 atom stereocenters. The summed E-state index contributed by atoms with van der Waals surface area (Å²) in [6.07, 6.45) is -4.31. The van der Waals surface area contributed by atoms with Gasteiger partial charge in [0, 0.05) is 18.4 Å². The lowest BCUT2D eigenvalue weighted by Crippen LogP contribution is -2.41. The summed E-state index contributed by atoms with van der Waals surface area (Å²) < 4.78 is 59.5. The Labute approximate surface area is 115 Å². The van der Waals surface area contributed by atoms with Gasteiger partial charge >= 0.3 is 6.18 Å². The molecule has 0 saturated carbocycles. The zero-order chi connectivity index (χ0) is 14.6. The first-order valence-electron chi connectivity index (χ1n) is 5.46. The van der Waals surface area contributed by atoms with Crippen molar-refractivity contribution in [2.45, 2.75) is 31.7 Å². The Balaban J connectivity index is 4.55. The summed E-state index contributed by atoms with van der Waals surface area (Å²) in [6, 6.07) is 0. The average molecular weight is 354 g/mol. The Morgan fingerprint density at radius 1 is 1.11 bits per heavy atom. The maximum Gasteiger partial charge on any atom is 0.401 e. The van der Waals surface area contributed by atoms with Crippen LogP contribution in [0.2, 0.25) is 0 Å². The van der Waals surface area contributed by atoms with E-state index in [4.69, 9.17) is 0 Å². The van der Waals surface area contributed by atoms with Crippen LogP contribution in [0.1, 0.15) is 20.8 Å². The highest BCUT2D eigenvalue weighted by atomic mass is 79.9. The molecule has 0 amide bonds. The zero-order valence-electron chi connectivity index (χ0n) is 10.7. The Kier molecular flexibility index (Phi) is 6.63. The lowest BCUT2D eigenvalue weighted by molar-refractivity contribution is -0.144. The molecule has 0 heterocycles. The molecule has 0 fully saturated rings. The highest BCUT2D eigenvalue weighted by Crippen LogP contribution is 2.19. The van der Waals surface area contributed by atoms with E-state index in [0.29, 0.717) is 5.33 Å². The summed E-state index contributed by atoms with van der Waals surface area (Å²) in [5, 5.41) is 0.374. The van der Waals surface area contributed by atoms with Crippen LogP contribution in [0.4, 0.5) is 13.2 Å². The maximum absolute atomic E-state index is 12.3. The number of nitrogens with zero attached hydrogens (tertiary/aromatic N) is 1. The van der Waals surface area contributed by atoms with E-state index in [1.807, 2.05) is 0 Å². The number of hydrogen-bond donors (Lipinski definition) is 0. The minimum atomic E-state index is -4.31. The SMILES string of the molecule is CC(C)(C)S(=O)(=O)CCN(CCBr)CC(F)(F)F. The van der Waals surface area contributed by atoms with Gasteiger partial charge in [0.2, 0.25) is 0 Å². The molecule has 0 aliphatic carbocycles. The average Bonchev–Trinajstić information content (AvgIpc) is 2.10. The number of hydrogen-bond acceptors (Lipinski definition) is 3. The molecule has 0 aromatic carbocycles. The molecule has 0 radical (unpaired) electrons. The summed E-state index contributed by atoms with van der Waals surface area (Å²) in [4.78, 5) is 1.10. The summed E-state index contributed by atoms with van der Waals surface area (Å²) in [6.45, 7) is 3.60. The van der Waals surface area contributed by atoms with Gasteiger partial charge in [-0.2, -0.15) is 13.2 Å². The van der Waals surface area contributed by atoms with Gasteiger partial charge in [-0.3, -0.25) is 4.90 Å². The predicted octanol–water partition coefficient (Wildman–Crippen LogP) is 2.46. The molecule has 0 bridgehead atoms. The van der Waals surface area contributed by atoms with Gasteiger partial charge in [0.05, 0.1) is 17.0 Å². The number of sulfone groups is 1. The monoisotopic (exact) mass is 353 g/mol. The van der Waals surface area contributed by atoms with Crippen molar-refractivity contribution in [3.63, 3.8) is 0 Å². The first-order valence-corrected chi connectivity index (χ1v) is 8.24. The summed E-state index contributed by atoms with van der Waals surface area (Å²) in [5.41, 5.74) is 0. The molecule has 18 heavy (non-hydrogen) atoms. The molecule has 0 N–H and O–H groups in total. The van der Waals surface area contributed by atoms with Crippen LogP contribution in [-0.4, -0.2) is 55.0 Å². The van der Waals surface area contributed by atoms with Crippen molar-refractivity contribution < 1.29 is 21.6 Å². The molecular weight excluding hydrogens is 335 g/mol. The molecule has 0 spiro atoms. The molecule has 8 heteroatoms. The minimum absolute atomic E-state index is 0.106. The Morgan fingerprint density at radius 3 is 1.94 bits per heavy atom. The second-order valence-electron chi connectivity index (χ2n) is 5.01. The molecule has 0 unspecified atom stereocenters. The van der Waals surface area contributed by atoms with Gasteiger partial charge in [-0.15, -0.1) is 0 Å². The van der Waals surface area contributed by atoms with E-state index in [-0.39, 0.29) is 18.8 Å². The third-order valence-electron chi connectivity index (χ3n) is 2.41. The van der Waals surface area contributed by atoms with Crippen LogP contribution >= 0.6 is 15.9 Å². The van der Waals surface area contributed by atoms with Crippen molar-refractivity contribution in [1.29, 1.82) is 0 Å². The van der Waals surface area contributed by atoms with Crippen LogP contribution in [0.3, 0.4) is 0 Å². The highest BCUT2D eigenvalue weighted by molar-refractivity contribution is 9.09. The van der Waals surface area contributed by atoms with Gasteiger partial charge in [-0.05, 0) is 20.8 Å². The summed E-state index contributed by atoms with van der Waals surface area (Å²) in [5.74, 6) is -0.264. The normalized spacial score (nSPS) is 14.2. The Morgan fingerprint density at radius 2 is 1.61 bits per heavy atom. The summed E-state index contributed by atoms with van der Waals surface area (Å²) >= 11 is 3.06. The topological polar surface area (TPSA) is 37.4 Å². The third-order valence-corrected chi connectivity index (χ3v) is 5.35. The molecule has 0 aromatic heterocycles. The Bertz CT molecular complexity index is 349. The second-order valence-corrected chi connectivity index (χ2v) is 8.67. The Hall–Kier alpha value is 0.180. The molecule has 0 aliphatic rings. The third kappa shape index (κ3) is 6.94. The van der Waals surface area contributed by atoms with Crippen molar-refractivity contribution >= 4 is 25.8 Å². The van der Waals surface area contributed by atoms with Gasteiger partial charge < -0.3 is 0 Å². The van der Waals surface area contributed by atoms with Crippen molar-refractivity contribution in [1.82, 2.24) is 4.90 Å². The first kappa shape index (κ1) is 18.2. The fourth-order valence-electron chi connectivity index (χ4n) is 1.20. The maximum atomic E-state index is 12.3. The minimum Gasteiger partial charge on any atom is -0.293 e. The quantitative estimate of drug-likeness (QED) is 0.688. The molecule has 110 valence electrons. The smallest absolute Gasteiger partial charge is 0.293 e. The number of alkyl halides is 4. The zero-order valence-corrected chi connectivity index (χ0v) is 13.1. The van der Waals surface area contributed by atoms with Crippen molar-refractivity contribution in [2.24, 2.45) is 0 Å².